The van der Waals surface area contributed by atoms with E-state index in [9.17, 15) is 4.79 Å². The number of benzene rings is 1. The van der Waals surface area contributed by atoms with Crippen molar-refractivity contribution in [3.63, 3.8) is 0 Å². The second kappa shape index (κ2) is 5.73. The summed E-state index contributed by atoms with van der Waals surface area (Å²) in [5, 5.41) is 5.99. The minimum absolute atomic E-state index is 0.100. The highest BCUT2D eigenvalue weighted by Crippen LogP contribution is 2.27. The molecule has 0 bridgehead atoms. The minimum atomic E-state index is 0.100. The maximum atomic E-state index is 11.7. The van der Waals surface area contributed by atoms with Gasteiger partial charge in [-0.15, -0.1) is 0 Å². The van der Waals surface area contributed by atoms with E-state index in [2.05, 4.69) is 10.6 Å². The van der Waals surface area contributed by atoms with E-state index >= 15 is 0 Å². The first-order chi connectivity index (χ1) is 8.74. The molecule has 5 heteroatoms. The lowest BCUT2D eigenvalue weighted by Gasteiger charge is -2.25. The van der Waals surface area contributed by atoms with Crippen molar-refractivity contribution in [2.45, 2.75) is 6.54 Å². The lowest BCUT2D eigenvalue weighted by molar-refractivity contribution is -0.126. The zero-order chi connectivity index (χ0) is 13.0. The van der Waals surface area contributed by atoms with Gasteiger partial charge in [0.25, 0.3) is 0 Å². The zero-order valence-corrected chi connectivity index (χ0v) is 10.7. The maximum Gasteiger partial charge on any atom is 0.225 e. The van der Waals surface area contributed by atoms with Crippen molar-refractivity contribution >= 4 is 5.91 Å². The van der Waals surface area contributed by atoms with Crippen molar-refractivity contribution in [1.29, 1.82) is 0 Å². The molecule has 0 unspecified atom stereocenters. The van der Waals surface area contributed by atoms with Crippen molar-refractivity contribution in [2.75, 3.05) is 27.3 Å². The van der Waals surface area contributed by atoms with Gasteiger partial charge in [0.15, 0.2) is 11.5 Å². The Balaban J connectivity index is 1.94. The Hall–Kier alpha value is -1.75. The second-order valence-electron chi connectivity index (χ2n) is 4.26. The maximum absolute atomic E-state index is 11.7. The number of ether oxygens (including phenoxy) is 2. The van der Waals surface area contributed by atoms with Gasteiger partial charge in [-0.25, -0.2) is 0 Å². The molecule has 1 aromatic rings. The van der Waals surface area contributed by atoms with Crippen LogP contribution < -0.4 is 20.1 Å². The topological polar surface area (TPSA) is 59.6 Å². The lowest BCUT2D eigenvalue weighted by atomic mass is 10.0. The van der Waals surface area contributed by atoms with Gasteiger partial charge in [-0.2, -0.15) is 0 Å². The van der Waals surface area contributed by atoms with Gasteiger partial charge in [-0.05, 0) is 17.7 Å². The normalized spacial score (nSPS) is 14.8. The molecule has 18 heavy (non-hydrogen) atoms. The van der Waals surface area contributed by atoms with Crippen LogP contribution in [0.25, 0.3) is 0 Å². The summed E-state index contributed by atoms with van der Waals surface area (Å²) in [4.78, 5) is 11.7. The molecule has 0 radical (unpaired) electrons. The highest BCUT2D eigenvalue weighted by molar-refractivity contribution is 5.80. The lowest BCUT2D eigenvalue weighted by Crippen LogP contribution is -2.50. The molecule has 5 nitrogen and oxygen atoms in total. The predicted octanol–water partition coefficient (Wildman–Crippen LogP) is 0.539. The van der Waals surface area contributed by atoms with Gasteiger partial charge in [0.2, 0.25) is 5.91 Å². The number of hydrogen-bond acceptors (Lipinski definition) is 4. The number of carbonyl (C=O) groups is 1. The molecule has 0 aliphatic carbocycles. The molecule has 2 N–H and O–H groups in total. The summed E-state index contributed by atoms with van der Waals surface area (Å²) in [6, 6.07) is 5.63. The molecule has 1 aliphatic heterocycles. The van der Waals surface area contributed by atoms with E-state index in [-0.39, 0.29) is 11.8 Å². The van der Waals surface area contributed by atoms with Crippen LogP contribution in [0, 0.1) is 5.92 Å². The van der Waals surface area contributed by atoms with Gasteiger partial charge in [-0.1, -0.05) is 6.07 Å². The number of amides is 1. The van der Waals surface area contributed by atoms with E-state index in [1.165, 1.54) is 0 Å². The fourth-order valence-corrected chi connectivity index (χ4v) is 1.80. The van der Waals surface area contributed by atoms with Crippen molar-refractivity contribution in [2.24, 2.45) is 5.92 Å². The second-order valence-corrected chi connectivity index (χ2v) is 4.26. The van der Waals surface area contributed by atoms with E-state index < -0.39 is 0 Å². The largest absolute Gasteiger partial charge is 0.493 e. The van der Waals surface area contributed by atoms with E-state index in [0.717, 1.165) is 18.7 Å². The van der Waals surface area contributed by atoms with Crippen LogP contribution in [-0.2, 0) is 11.3 Å². The quantitative estimate of drug-likeness (QED) is 0.800. The molecule has 0 saturated carbocycles. The Bertz CT molecular complexity index is 430. The molecule has 0 atom stereocenters. The van der Waals surface area contributed by atoms with Gasteiger partial charge in [0.1, 0.15) is 0 Å². The van der Waals surface area contributed by atoms with Crippen LogP contribution in [0.15, 0.2) is 18.2 Å². The van der Waals surface area contributed by atoms with Crippen molar-refractivity contribution in [3.05, 3.63) is 23.8 Å². The van der Waals surface area contributed by atoms with Crippen molar-refractivity contribution in [3.8, 4) is 11.5 Å². The molecule has 1 saturated heterocycles. The standard InChI is InChI=1S/C13H18N2O3/c1-17-11-4-3-9(5-12(11)18-2)6-15-13(16)10-7-14-8-10/h3-5,10,14H,6-8H2,1-2H3,(H,15,16). The van der Waals surface area contributed by atoms with Gasteiger partial charge in [0.05, 0.1) is 20.1 Å². The molecule has 1 fully saturated rings. The molecular formula is C13H18N2O3. The summed E-state index contributed by atoms with van der Waals surface area (Å²) < 4.78 is 10.4. The Morgan fingerprint density at radius 2 is 2.06 bits per heavy atom. The highest BCUT2D eigenvalue weighted by atomic mass is 16.5. The minimum Gasteiger partial charge on any atom is -0.493 e. The highest BCUT2D eigenvalue weighted by Gasteiger charge is 2.24. The van der Waals surface area contributed by atoms with Gasteiger partial charge < -0.3 is 20.1 Å². The summed E-state index contributed by atoms with van der Waals surface area (Å²) in [5.41, 5.74) is 0.994. The van der Waals surface area contributed by atoms with E-state index in [1.807, 2.05) is 18.2 Å². The zero-order valence-electron chi connectivity index (χ0n) is 10.7. The van der Waals surface area contributed by atoms with Crippen LogP contribution in [0.3, 0.4) is 0 Å². The predicted molar refractivity (Wildman–Crippen MR) is 67.8 cm³/mol. The molecule has 98 valence electrons. The molecule has 2 rings (SSSR count). The third-order valence-corrected chi connectivity index (χ3v) is 3.07. The Morgan fingerprint density at radius 3 is 2.61 bits per heavy atom. The van der Waals surface area contributed by atoms with E-state index in [0.29, 0.717) is 18.0 Å². The Labute approximate surface area is 106 Å². The first kappa shape index (κ1) is 12.7. The third-order valence-electron chi connectivity index (χ3n) is 3.07. The van der Waals surface area contributed by atoms with Crippen LogP contribution >= 0.6 is 0 Å². The fraction of sp³-hybridized carbons (Fsp3) is 0.462. The number of hydrogen-bond donors (Lipinski definition) is 2. The third kappa shape index (κ3) is 2.73. The average molecular weight is 250 g/mol. The summed E-state index contributed by atoms with van der Waals surface area (Å²) in [6.07, 6.45) is 0. The Kier molecular flexibility index (Phi) is 4.04. The van der Waals surface area contributed by atoms with Crippen LogP contribution in [0.5, 0.6) is 11.5 Å². The molecule has 1 amide bonds. The van der Waals surface area contributed by atoms with Gasteiger partial charge in [-0.3, -0.25) is 4.79 Å². The number of nitrogens with one attached hydrogen (secondary N) is 2. The number of methoxy groups -OCH3 is 2. The van der Waals surface area contributed by atoms with Crippen LogP contribution in [0.4, 0.5) is 0 Å². The number of rotatable bonds is 5. The van der Waals surface area contributed by atoms with Crippen molar-refractivity contribution < 1.29 is 14.3 Å². The number of carbonyl (C=O) groups excluding carboxylic acids is 1. The molecule has 0 aromatic heterocycles. The smallest absolute Gasteiger partial charge is 0.225 e. The van der Waals surface area contributed by atoms with Gasteiger partial charge in [0, 0.05) is 19.6 Å². The van der Waals surface area contributed by atoms with E-state index in [4.69, 9.17) is 9.47 Å². The molecule has 1 aromatic carbocycles. The van der Waals surface area contributed by atoms with Crippen LogP contribution in [0.1, 0.15) is 5.56 Å². The summed E-state index contributed by atoms with van der Waals surface area (Å²) in [7, 11) is 3.20. The molecule has 1 heterocycles. The summed E-state index contributed by atoms with van der Waals surface area (Å²) in [5.74, 6) is 1.58. The summed E-state index contributed by atoms with van der Waals surface area (Å²) in [6.45, 7) is 2.06. The molecular weight excluding hydrogens is 232 g/mol. The molecule has 0 spiro atoms. The average Bonchev–Trinajstić information content (AvgIpc) is 2.33. The molecule has 1 aliphatic rings. The fourth-order valence-electron chi connectivity index (χ4n) is 1.80. The first-order valence-corrected chi connectivity index (χ1v) is 5.94. The van der Waals surface area contributed by atoms with Crippen molar-refractivity contribution in [1.82, 2.24) is 10.6 Å². The SMILES string of the molecule is COc1ccc(CNC(=O)C2CNC2)cc1OC. The van der Waals surface area contributed by atoms with Gasteiger partial charge >= 0.3 is 0 Å². The Morgan fingerprint density at radius 1 is 1.33 bits per heavy atom. The summed E-state index contributed by atoms with van der Waals surface area (Å²) >= 11 is 0. The van der Waals surface area contributed by atoms with Crippen LogP contribution in [0.2, 0.25) is 0 Å². The monoisotopic (exact) mass is 250 g/mol. The van der Waals surface area contributed by atoms with E-state index in [1.54, 1.807) is 14.2 Å². The van der Waals surface area contributed by atoms with Crippen LogP contribution in [-0.4, -0.2) is 33.2 Å². The first-order valence-electron chi connectivity index (χ1n) is 5.94.